The van der Waals surface area contributed by atoms with Crippen LogP contribution in [0.15, 0.2) is 22.9 Å². The van der Waals surface area contributed by atoms with Crippen LogP contribution in [0.5, 0.6) is 0 Å². The monoisotopic (exact) mass is 265 g/mol. The number of fused-ring (bicyclic) bond motifs is 1. The van der Waals surface area contributed by atoms with Crippen LogP contribution in [-0.2, 0) is 11.3 Å². The van der Waals surface area contributed by atoms with Gasteiger partial charge in [0.15, 0.2) is 4.96 Å². The maximum atomic E-state index is 8.68. The molecule has 6 heteroatoms. The number of nitrogens with zero attached hydrogens (tertiary/aromatic N) is 3. The van der Waals surface area contributed by atoms with Crippen molar-refractivity contribution in [1.29, 1.82) is 0 Å². The van der Waals surface area contributed by atoms with Gasteiger partial charge in [-0.25, -0.2) is 4.98 Å². The van der Waals surface area contributed by atoms with Crippen LogP contribution in [-0.4, -0.2) is 26.4 Å². The zero-order valence-electron chi connectivity index (χ0n) is 9.95. The van der Waals surface area contributed by atoms with E-state index in [-0.39, 0.29) is 6.10 Å². The molecule has 0 bridgehead atoms. The summed E-state index contributed by atoms with van der Waals surface area (Å²) in [4.78, 5) is 5.49. The summed E-state index contributed by atoms with van der Waals surface area (Å²) in [5.41, 5.74) is 1.86. The number of imidazole rings is 1. The van der Waals surface area contributed by atoms with E-state index in [1.807, 2.05) is 22.2 Å². The summed E-state index contributed by atoms with van der Waals surface area (Å²) >= 11 is 1.63. The van der Waals surface area contributed by atoms with E-state index < -0.39 is 0 Å². The molecular weight excluding hydrogens is 250 g/mol. The second-order valence-electron chi connectivity index (χ2n) is 4.50. The molecule has 5 nitrogen and oxygen atoms in total. The topological polar surface area (TPSA) is 59.1 Å². The zero-order valence-corrected chi connectivity index (χ0v) is 10.8. The van der Waals surface area contributed by atoms with E-state index in [0.29, 0.717) is 6.61 Å². The Balaban J connectivity index is 1.54. The lowest BCUT2D eigenvalue weighted by Gasteiger charge is -2.22. The van der Waals surface area contributed by atoms with E-state index >= 15 is 0 Å². The van der Waals surface area contributed by atoms with Crippen molar-refractivity contribution in [2.45, 2.75) is 38.4 Å². The number of rotatable bonds is 3. The molecule has 1 fully saturated rings. The molecule has 18 heavy (non-hydrogen) atoms. The molecule has 0 unspecified atom stereocenters. The van der Waals surface area contributed by atoms with Gasteiger partial charge in [0.1, 0.15) is 0 Å². The highest BCUT2D eigenvalue weighted by Crippen LogP contribution is 2.20. The summed E-state index contributed by atoms with van der Waals surface area (Å²) in [7, 11) is 0. The van der Waals surface area contributed by atoms with Gasteiger partial charge in [-0.15, -0.1) is 11.3 Å². The first-order valence-electron chi connectivity index (χ1n) is 6.07. The average molecular weight is 265 g/mol. The Morgan fingerprint density at radius 1 is 1.50 bits per heavy atom. The summed E-state index contributed by atoms with van der Waals surface area (Å²) in [5, 5.41) is 14.0. The zero-order chi connectivity index (χ0) is 12.4. The first kappa shape index (κ1) is 11.7. The fourth-order valence-corrected chi connectivity index (χ4v) is 2.96. The van der Waals surface area contributed by atoms with Gasteiger partial charge in [-0.05, 0) is 25.7 Å². The van der Waals surface area contributed by atoms with Crippen LogP contribution in [0.25, 0.3) is 4.96 Å². The Hall–Kier alpha value is -1.40. The SMILES string of the molecule is ON=C1CCC(OCc2cn3ccsc3n2)CC1. The predicted octanol–water partition coefficient (Wildman–Crippen LogP) is 2.69. The fraction of sp³-hybridized carbons (Fsp3) is 0.500. The van der Waals surface area contributed by atoms with Gasteiger partial charge in [0.25, 0.3) is 0 Å². The third-order valence-corrected chi connectivity index (χ3v) is 4.03. The minimum atomic E-state index is 0.259. The Labute approximate surface area is 109 Å². The fourth-order valence-electron chi connectivity index (χ4n) is 2.24. The number of hydrogen-bond acceptors (Lipinski definition) is 5. The number of ether oxygens (including phenoxy) is 1. The van der Waals surface area contributed by atoms with Crippen LogP contribution in [0.2, 0.25) is 0 Å². The second-order valence-corrected chi connectivity index (χ2v) is 5.37. The molecule has 0 aliphatic heterocycles. The Kier molecular flexibility index (Phi) is 3.29. The third kappa shape index (κ3) is 2.39. The predicted molar refractivity (Wildman–Crippen MR) is 69.3 cm³/mol. The second kappa shape index (κ2) is 5.07. The summed E-state index contributed by atoms with van der Waals surface area (Å²) in [6.45, 7) is 0.560. The highest BCUT2D eigenvalue weighted by molar-refractivity contribution is 7.15. The van der Waals surface area contributed by atoms with Crippen LogP contribution in [0.1, 0.15) is 31.4 Å². The lowest BCUT2D eigenvalue weighted by molar-refractivity contribution is 0.0262. The molecule has 0 saturated heterocycles. The maximum Gasteiger partial charge on any atom is 0.193 e. The maximum absolute atomic E-state index is 8.68. The van der Waals surface area contributed by atoms with Gasteiger partial charge in [0, 0.05) is 17.8 Å². The summed E-state index contributed by atoms with van der Waals surface area (Å²) in [5.74, 6) is 0. The van der Waals surface area contributed by atoms with Gasteiger partial charge in [-0.3, -0.25) is 4.40 Å². The van der Waals surface area contributed by atoms with Crippen molar-refractivity contribution in [2.75, 3.05) is 0 Å². The van der Waals surface area contributed by atoms with Crippen molar-refractivity contribution in [3.63, 3.8) is 0 Å². The highest BCUT2D eigenvalue weighted by atomic mass is 32.1. The van der Waals surface area contributed by atoms with Crippen LogP contribution >= 0.6 is 11.3 Å². The molecule has 96 valence electrons. The average Bonchev–Trinajstić information content (AvgIpc) is 2.97. The minimum Gasteiger partial charge on any atom is -0.411 e. The van der Waals surface area contributed by atoms with Gasteiger partial charge < -0.3 is 9.94 Å². The van der Waals surface area contributed by atoms with E-state index in [0.717, 1.165) is 42.0 Å². The number of thiazole rings is 1. The first-order chi connectivity index (χ1) is 8.85. The Morgan fingerprint density at radius 2 is 2.33 bits per heavy atom. The molecule has 1 aliphatic carbocycles. The molecule has 0 amide bonds. The molecule has 2 heterocycles. The molecule has 1 saturated carbocycles. The minimum absolute atomic E-state index is 0.259. The quantitative estimate of drug-likeness (QED) is 0.685. The summed E-state index contributed by atoms with van der Waals surface area (Å²) in [6.07, 6.45) is 7.80. The van der Waals surface area contributed by atoms with Crippen molar-refractivity contribution >= 4 is 22.0 Å². The molecule has 1 N–H and O–H groups in total. The summed E-state index contributed by atoms with van der Waals surface area (Å²) < 4.78 is 7.87. The van der Waals surface area contributed by atoms with E-state index in [1.54, 1.807) is 11.3 Å². The Bertz CT molecular complexity index is 522. The molecule has 1 aliphatic rings. The molecule has 2 aromatic heterocycles. The largest absolute Gasteiger partial charge is 0.411 e. The van der Waals surface area contributed by atoms with E-state index in [2.05, 4.69) is 10.1 Å². The lowest BCUT2D eigenvalue weighted by atomic mass is 9.96. The third-order valence-electron chi connectivity index (χ3n) is 3.26. The first-order valence-corrected chi connectivity index (χ1v) is 6.95. The van der Waals surface area contributed by atoms with Crippen molar-refractivity contribution in [3.05, 3.63) is 23.5 Å². The van der Waals surface area contributed by atoms with E-state index in [4.69, 9.17) is 9.94 Å². The van der Waals surface area contributed by atoms with Gasteiger partial charge in [0.2, 0.25) is 0 Å². The lowest BCUT2D eigenvalue weighted by Crippen LogP contribution is -2.21. The van der Waals surface area contributed by atoms with Crippen LogP contribution < -0.4 is 0 Å². The van der Waals surface area contributed by atoms with Crippen molar-refractivity contribution in [3.8, 4) is 0 Å². The van der Waals surface area contributed by atoms with Gasteiger partial charge >= 0.3 is 0 Å². The molecule has 2 aromatic rings. The normalized spacial score (nSPS) is 20.4. The van der Waals surface area contributed by atoms with Crippen LogP contribution in [0, 0.1) is 0 Å². The molecule has 3 rings (SSSR count). The number of aromatic nitrogens is 2. The molecule has 0 radical (unpaired) electrons. The van der Waals surface area contributed by atoms with Crippen molar-refractivity contribution < 1.29 is 9.94 Å². The molecule has 0 atom stereocenters. The van der Waals surface area contributed by atoms with Crippen molar-refractivity contribution in [2.24, 2.45) is 5.16 Å². The molecule has 0 spiro atoms. The van der Waals surface area contributed by atoms with E-state index in [9.17, 15) is 0 Å². The standard InChI is InChI=1S/C12H15N3O2S/c16-14-9-1-3-11(4-2-9)17-8-10-7-15-5-6-18-12(15)13-10/h5-7,11,16H,1-4,8H2. The smallest absolute Gasteiger partial charge is 0.193 e. The van der Waals surface area contributed by atoms with Crippen LogP contribution in [0.3, 0.4) is 0 Å². The molecular formula is C12H15N3O2S. The van der Waals surface area contributed by atoms with Crippen LogP contribution in [0.4, 0.5) is 0 Å². The van der Waals surface area contributed by atoms with Gasteiger partial charge in [-0.1, -0.05) is 5.16 Å². The highest BCUT2D eigenvalue weighted by Gasteiger charge is 2.18. The summed E-state index contributed by atoms with van der Waals surface area (Å²) in [6, 6.07) is 0. The van der Waals surface area contributed by atoms with Crippen molar-refractivity contribution in [1.82, 2.24) is 9.38 Å². The number of oxime groups is 1. The van der Waals surface area contributed by atoms with E-state index in [1.165, 1.54) is 0 Å². The Morgan fingerprint density at radius 3 is 3.06 bits per heavy atom. The molecule has 0 aromatic carbocycles. The van der Waals surface area contributed by atoms with Gasteiger partial charge in [-0.2, -0.15) is 0 Å². The number of hydrogen-bond donors (Lipinski definition) is 1. The van der Waals surface area contributed by atoms with Gasteiger partial charge in [0.05, 0.1) is 24.1 Å².